The summed E-state index contributed by atoms with van der Waals surface area (Å²) in [6, 6.07) is 0. The molecule has 2 amide bonds. The van der Waals surface area contributed by atoms with Gasteiger partial charge in [-0.3, -0.25) is 9.59 Å². The van der Waals surface area contributed by atoms with Gasteiger partial charge in [-0.1, -0.05) is 6.08 Å². The summed E-state index contributed by atoms with van der Waals surface area (Å²) >= 11 is 0. The Labute approximate surface area is 58.4 Å². The van der Waals surface area contributed by atoms with Gasteiger partial charge in [0.15, 0.2) is 0 Å². The molecule has 0 aromatic rings. The Balaban J connectivity index is 3.51. The van der Waals surface area contributed by atoms with Crippen molar-refractivity contribution >= 4 is 12.3 Å². The number of nitrogens with one attached hydrogen (secondary N) is 1. The minimum absolute atomic E-state index is 0.518. The number of primary amides is 1. The molecule has 0 unspecified atom stereocenters. The van der Waals surface area contributed by atoms with Gasteiger partial charge in [-0.2, -0.15) is 0 Å². The molecule has 0 saturated heterocycles. The first-order valence-electron chi connectivity index (χ1n) is 2.59. The SMILES string of the molecule is NC(=O)/C=C/C=C\NC=O. The van der Waals surface area contributed by atoms with Gasteiger partial charge in [-0.25, -0.2) is 0 Å². The summed E-state index contributed by atoms with van der Waals surface area (Å²) in [6.07, 6.45) is 6.00. The van der Waals surface area contributed by atoms with Crippen LogP contribution < -0.4 is 11.1 Å². The van der Waals surface area contributed by atoms with Crippen LogP contribution in [0.4, 0.5) is 0 Å². The van der Waals surface area contributed by atoms with Crippen molar-refractivity contribution in [1.29, 1.82) is 0 Å². The number of carbonyl (C=O) groups excluding carboxylic acids is 2. The van der Waals surface area contributed by atoms with E-state index in [1.54, 1.807) is 0 Å². The molecule has 0 aromatic carbocycles. The minimum atomic E-state index is -0.518. The van der Waals surface area contributed by atoms with E-state index in [4.69, 9.17) is 5.73 Å². The second kappa shape index (κ2) is 5.55. The molecule has 0 heterocycles. The van der Waals surface area contributed by atoms with Crippen molar-refractivity contribution in [2.24, 2.45) is 5.73 Å². The maximum atomic E-state index is 10.0. The van der Waals surface area contributed by atoms with Crippen molar-refractivity contribution in [2.45, 2.75) is 0 Å². The van der Waals surface area contributed by atoms with E-state index in [1.807, 2.05) is 0 Å². The Morgan fingerprint density at radius 2 is 2.10 bits per heavy atom. The molecule has 54 valence electrons. The van der Waals surface area contributed by atoms with E-state index in [1.165, 1.54) is 24.4 Å². The van der Waals surface area contributed by atoms with E-state index in [0.717, 1.165) is 0 Å². The molecule has 0 aliphatic heterocycles. The quantitative estimate of drug-likeness (QED) is 0.307. The van der Waals surface area contributed by atoms with E-state index in [9.17, 15) is 9.59 Å². The average Bonchev–Trinajstić information content (AvgIpc) is 1.87. The van der Waals surface area contributed by atoms with Gasteiger partial charge in [-0.05, 0) is 6.08 Å². The third-order valence-electron chi connectivity index (χ3n) is 0.632. The summed E-state index contributed by atoms with van der Waals surface area (Å²) < 4.78 is 0. The molecule has 0 aromatic heterocycles. The average molecular weight is 140 g/mol. The zero-order valence-corrected chi connectivity index (χ0v) is 5.28. The van der Waals surface area contributed by atoms with Crippen molar-refractivity contribution < 1.29 is 9.59 Å². The number of hydrogen-bond acceptors (Lipinski definition) is 2. The fourth-order valence-electron chi connectivity index (χ4n) is 0.301. The summed E-state index contributed by atoms with van der Waals surface area (Å²) in [6.45, 7) is 0. The van der Waals surface area contributed by atoms with Gasteiger partial charge < -0.3 is 11.1 Å². The Morgan fingerprint density at radius 3 is 2.60 bits per heavy atom. The number of hydrogen-bond donors (Lipinski definition) is 2. The Kier molecular flexibility index (Phi) is 4.68. The molecule has 0 atom stereocenters. The highest BCUT2D eigenvalue weighted by Gasteiger charge is 1.76. The lowest BCUT2D eigenvalue weighted by Crippen LogP contribution is -2.05. The smallest absolute Gasteiger partial charge is 0.241 e. The van der Waals surface area contributed by atoms with Crippen LogP contribution in [0, 0.1) is 0 Å². The highest BCUT2D eigenvalue weighted by molar-refractivity contribution is 5.85. The Morgan fingerprint density at radius 1 is 1.40 bits per heavy atom. The highest BCUT2D eigenvalue weighted by atomic mass is 16.1. The van der Waals surface area contributed by atoms with Crippen molar-refractivity contribution in [3.63, 3.8) is 0 Å². The lowest BCUT2D eigenvalue weighted by Gasteiger charge is -1.78. The lowest BCUT2D eigenvalue weighted by molar-refractivity contribution is -0.113. The molecule has 10 heavy (non-hydrogen) atoms. The fourth-order valence-corrected chi connectivity index (χ4v) is 0.301. The van der Waals surface area contributed by atoms with Crippen LogP contribution in [0.25, 0.3) is 0 Å². The predicted molar refractivity (Wildman–Crippen MR) is 36.7 cm³/mol. The van der Waals surface area contributed by atoms with Gasteiger partial charge in [0, 0.05) is 12.3 Å². The van der Waals surface area contributed by atoms with Crippen LogP contribution in [-0.4, -0.2) is 12.3 Å². The second-order valence-corrected chi connectivity index (χ2v) is 1.41. The minimum Gasteiger partial charge on any atom is -0.366 e. The van der Waals surface area contributed by atoms with Gasteiger partial charge in [0.1, 0.15) is 0 Å². The highest BCUT2D eigenvalue weighted by Crippen LogP contribution is 1.71. The second-order valence-electron chi connectivity index (χ2n) is 1.41. The zero-order chi connectivity index (χ0) is 7.82. The van der Waals surface area contributed by atoms with Gasteiger partial charge in [0.05, 0.1) is 0 Å². The van der Waals surface area contributed by atoms with Crippen molar-refractivity contribution in [3.05, 3.63) is 24.4 Å². The van der Waals surface area contributed by atoms with Crippen molar-refractivity contribution in [3.8, 4) is 0 Å². The Hall–Kier alpha value is -1.58. The molecule has 0 saturated carbocycles. The van der Waals surface area contributed by atoms with Crippen LogP contribution in [0.15, 0.2) is 24.4 Å². The van der Waals surface area contributed by atoms with Gasteiger partial charge >= 0.3 is 0 Å². The molecule has 0 bridgehead atoms. The molecule has 4 heteroatoms. The maximum Gasteiger partial charge on any atom is 0.241 e. The van der Waals surface area contributed by atoms with Crippen molar-refractivity contribution in [1.82, 2.24) is 5.32 Å². The van der Waals surface area contributed by atoms with Gasteiger partial charge in [0.2, 0.25) is 12.3 Å². The van der Waals surface area contributed by atoms with E-state index in [0.29, 0.717) is 6.41 Å². The van der Waals surface area contributed by atoms with E-state index >= 15 is 0 Å². The third kappa shape index (κ3) is 6.42. The number of carbonyl (C=O) groups is 2. The molecule has 0 fully saturated rings. The number of allylic oxidation sites excluding steroid dienone is 2. The summed E-state index contributed by atoms with van der Waals surface area (Å²) in [5, 5.41) is 2.26. The Bertz CT molecular complexity index is 173. The van der Waals surface area contributed by atoms with Crippen LogP contribution in [0.1, 0.15) is 0 Å². The van der Waals surface area contributed by atoms with E-state index in [-0.39, 0.29) is 0 Å². The summed E-state index contributed by atoms with van der Waals surface area (Å²) in [5.41, 5.74) is 4.76. The molecule has 0 aliphatic rings. The first-order valence-corrected chi connectivity index (χ1v) is 2.59. The third-order valence-corrected chi connectivity index (χ3v) is 0.632. The van der Waals surface area contributed by atoms with Crippen LogP contribution >= 0.6 is 0 Å². The van der Waals surface area contributed by atoms with Crippen LogP contribution in [0.5, 0.6) is 0 Å². The molecule has 0 spiro atoms. The molecule has 3 N–H and O–H groups in total. The largest absolute Gasteiger partial charge is 0.366 e. The molecule has 0 rings (SSSR count). The summed E-state index contributed by atoms with van der Waals surface area (Å²) in [5.74, 6) is -0.518. The zero-order valence-electron chi connectivity index (χ0n) is 5.28. The van der Waals surface area contributed by atoms with Crippen LogP contribution in [-0.2, 0) is 9.59 Å². The first-order chi connectivity index (χ1) is 4.77. The standard InChI is InChI=1S/C6H8N2O2/c7-6(10)3-1-2-4-8-5-9/h1-5H,(H2,7,10)(H,8,9)/b3-1+,4-2-. The van der Waals surface area contributed by atoms with Crippen molar-refractivity contribution in [2.75, 3.05) is 0 Å². The molecule has 0 radical (unpaired) electrons. The monoisotopic (exact) mass is 140 g/mol. The van der Waals surface area contributed by atoms with E-state index in [2.05, 4.69) is 5.32 Å². The maximum absolute atomic E-state index is 10.0. The van der Waals surface area contributed by atoms with E-state index < -0.39 is 5.91 Å². The normalized spacial score (nSPS) is 10.4. The molecule has 4 nitrogen and oxygen atoms in total. The number of nitrogens with two attached hydrogens (primary N) is 1. The number of rotatable bonds is 4. The number of amides is 2. The first kappa shape index (κ1) is 8.42. The predicted octanol–water partition coefficient (Wildman–Crippen LogP) is -0.712. The summed E-state index contributed by atoms with van der Waals surface area (Å²) in [4.78, 5) is 19.7. The fraction of sp³-hybridized carbons (Fsp3) is 0. The topological polar surface area (TPSA) is 72.2 Å². The molecular weight excluding hydrogens is 132 g/mol. The molecule has 0 aliphatic carbocycles. The van der Waals surface area contributed by atoms with Gasteiger partial charge in [0.25, 0.3) is 0 Å². The summed E-state index contributed by atoms with van der Waals surface area (Å²) in [7, 11) is 0. The van der Waals surface area contributed by atoms with Crippen LogP contribution in [0.2, 0.25) is 0 Å². The lowest BCUT2D eigenvalue weighted by atomic mass is 10.4. The molecular formula is C6H8N2O2. The van der Waals surface area contributed by atoms with Gasteiger partial charge in [-0.15, -0.1) is 0 Å². The van der Waals surface area contributed by atoms with Crippen LogP contribution in [0.3, 0.4) is 0 Å².